The second-order valence-electron chi connectivity index (χ2n) is 11.3. The molecule has 2 aliphatic heterocycles. The molecule has 0 bridgehead atoms. The van der Waals surface area contributed by atoms with Crippen LogP contribution in [0.3, 0.4) is 0 Å². The van der Waals surface area contributed by atoms with Crippen molar-refractivity contribution in [1.29, 1.82) is 0 Å². The smallest absolute Gasteiger partial charge is 0.261 e. The maximum Gasteiger partial charge on any atom is 0.261 e. The van der Waals surface area contributed by atoms with Gasteiger partial charge in [0.25, 0.3) is 11.8 Å². The van der Waals surface area contributed by atoms with Crippen LogP contribution in [-0.2, 0) is 19.4 Å². The summed E-state index contributed by atoms with van der Waals surface area (Å²) in [5.41, 5.74) is 5.59. The van der Waals surface area contributed by atoms with Crippen molar-refractivity contribution in [3.8, 4) is 21.9 Å². The van der Waals surface area contributed by atoms with Crippen LogP contribution >= 0.6 is 11.3 Å². The first kappa shape index (κ1) is 28.9. The third-order valence-corrected chi connectivity index (χ3v) is 9.32. The third kappa shape index (κ3) is 5.39. The average Bonchev–Trinajstić information content (AvgIpc) is 3.84. The van der Waals surface area contributed by atoms with Gasteiger partial charge >= 0.3 is 0 Å². The summed E-state index contributed by atoms with van der Waals surface area (Å²) in [6, 6.07) is 10.9. The molecule has 5 aromatic rings. The highest BCUT2D eigenvalue weighted by atomic mass is 32.1. The highest BCUT2D eigenvalue weighted by Gasteiger charge is 2.44. The number of benzene rings is 1. The van der Waals surface area contributed by atoms with Gasteiger partial charge in [0.2, 0.25) is 11.8 Å². The van der Waals surface area contributed by atoms with Crippen LogP contribution in [0.1, 0.15) is 73.0 Å². The number of aryl methyl sites for hydroxylation is 4. The largest absolute Gasteiger partial charge is 0.421 e. The molecular formula is C33H28F2N6O3S. The molecule has 1 N–H and O–H groups in total. The summed E-state index contributed by atoms with van der Waals surface area (Å²) in [5.74, 6) is -1.77. The van der Waals surface area contributed by atoms with E-state index in [0.717, 1.165) is 47.6 Å². The maximum atomic E-state index is 13.9. The minimum Gasteiger partial charge on any atom is -0.421 e. The molecule has 1 fully saturated rings. The number of carbonyl (C=O) groups is 2. The Morgan fingerprint density at radius 1 is 1.02 bits per heavy atom. The van der Waals surface area contributed by atoms with E-state index in [1.165, 1.54) is 17.4 Å². The molecule has 45 heavy (non-hydrogen) atoms. The summed E-state index contributed by atoms with van der Waals surface area (Å²) in [5, 5.41) is 11.2. The summed E-state index contributed by atoms with van der Waals surface area (Å²) in [6.07, 6.45) is 4.78. The second kappa shape index (κ2) is 11.6. The number of thiophene rings is 1. The van der Waals surface area contributed by atoms with Crippen molar-refractivity contribution < 1.29 is 22.8 Å². The fraction of sp³-hybridized carbons (Fsp3) is 0.273. The molecular weight excluding hydrogens is 598 g/mol. The van der Waals surface area contributed by atoms with Gasteiger partial charge in [-0.15, -0.1) is 21.5 Å². The van der Waals surface area contributed by atoms with E-state index in [1.807, 2.05) is 36.2 Å². The average molecular weight is 627 g/mol. The maximum absolute atomic E-state index is 13.9. The number of nitrogens with one attached hydrogen (secondary N) is 1. The fourth-order valence-corrected chi connectivity index (χ4v) is 7.01. The van der Waals surface area contributed by atoms with E-state index in [0.29, 0.717) is 57.3 Å². The Balaban J connectivity index is 1.31. The number of nitrogens with zero attached hydrogens (tertiary/aromatic N) is 5. The normalized spacial score (nSPS) is 15.4. The van der Waals surface area contributed by atoms with Gasteiger partial charge in [-0.3, -0.25) is 19.6 Å². The fourth-order valence-electron chi connectivity index (χ4n) is 6.03. The van der Waals surface area contributed by atoms with E-state index in [-0.39, 0.29) is 30.3 Å². The number of rotatable bonds is 8. The molecule has 6 heterocycles. The second-order valence-corrected chi connectivity index (χ2v) is 12.3. The highest BCUT2D eigenvalue weighted by Crippen LogP contribution is 2.49. The van der Waals surface area contributed by atoms with Crippen LogP contribution in [0.2, 0.25) is 0 Å². The summed E-state index contributed by atoms with van der Waals surface area (Å²) in [7, 11) is 0. The van der Waals surface area contributed by atoms with E-state index < -0.39 is 11.6 Å². The number of aromatic nitrogens is 4. The Labute approximate surface area is 261 Å². The summed E-state index contributed by atoms with van der Waals surface area (Å²) < 4.78 is 33.0. The SMILES string of the molecule is Cc1ccc(CCc2nc3c(c(-c4ccc(C(=O)NCc5ccc(F)c(F)c5)s4)c2-c2nnc(C)o2)C(=O)N2CCCC32)cn1. The molecule has 12 heteroatoms. The van der Waals surface area contributed by atoms with Crippen LogP contribution < -0.4 is 5.32 Å². The lowest BCUT2D eigenvalue weighted by Gasteiger charge is -2.16. The molecule has 1 atom stereocenters. The number of hydrogen-bond donors (Lipinski definition) is 1. The summed E-state index contributed by atoms with van der Waals surface area (Å²) in [4.78, 5) is 39.6. The van der Waals surface area contributed by atoms with Gasteiger partial charge in [-0.25, -0.2) is 8.78 Å². The molecule has 7 rings (SSSR count). The number of hydrogen-bond acceptors (Lipinski definition) is 8. The van der Waals surface area contributed by atoms with Crippen LogP contribution in [0, 0.1) is 25.5 Å². The summed E-state index contributed by atoms with van der Waals surface area (Å²) >= 11 is 1.23. The van der Waals surface area contributed by atoms with Crippen LogP contribution in [0.25, 0.3) is 21.9 Å². The predicted octanol–water partition coefficient (Wildman–Crippen LogP) is 6.16. The Bertz CT molecular complexity index is 1950. The molecule has 2 amide bonds. The van der Waals surface area contributed by atoms with Crippen molar-refractivity contribution in [2.24, 2.45) is 0 Å². The molecule has 0 spiro atoms. The van der Waals surface area contributed by atoms with Crippen LogP contribution in [0.4, 0.5) is 8.78 Å². The molecule has 0 aliphatic carbocycles. The van der Waals surface area contributed by atoms with Crippen molar-refractivity contribution in [2.75, 3.05) is 6.54 Å². The van der Waals surface area contributed by atoms with Gasteiger partial charge in [0, 0.05) is 42.3 Å². The van der Waals surface area contributed by atoms with Crippen LogP contribution in [-0.4, -0.2) is 43.4 Å². The Kier molecular flexibility index (Phi) is 7.44. The number of pyridine rings is 2. The van der Waals surface area contributed by atoms with Gasteiger partial charge in [0.05, 0.1) is 33.4 Å². The predicted molar refractivity (Wildman–Crippen MR) is 163 cm³/mol. The van der Waals surface area contributed by atoms with Crippen molar-refractivity contribution in [1.82, 2.24) is 30.4 Å². The number of halogens is 2. The van der Waals surface area contributed by atoms with Crippen molar-refractivity contribution >= 4 is 23.2 Å². The minimum atomic E-state index is -0.977. The Morgan fingerprint density at radius 3 is 2.62 bits per heavy atom. The number of carbonyl (C=O) groups excluding carboxylic acids is 2. The monoisotopic (exact) mass is 626 g/mol. The quantitative estimate of drug-likeness (QED) is 0.220. The molecule has 1 saturated heterocycles. The molecule has 1 aromatic carbocycles. The zero-order valence-electron chi connectivity index (χ0n) is 24.6. The van der Waals surface area contributed by atoms with Gasteiger partial charge in [-0.2, -0.15) is 0 Å². The topological polar surface area (TPSA) is 114 Å². The van der Waals surface area contributed by atoms with Gasteiger partial charge in [-0.1, -0.05) is 12.1 Å². The van der Waals surface area contributed by atoms with Crippen molar-refractivity contribution in [3.63, 3.8) is 0 Å². The van der Waals surface area contributed by atoms with Gasteiger partial charge in [0.1, 0.15) is 0 Å². The highest BCUT2D eigenvalue weighted by molar-refractivity contribution is 7.17. The Hall–Kier alpha value is -4.84. The van der Waals surface area contributed by atoms with E-state index in [9.17, 15) is 18.4 Å². The van der Waals surface area contributed by atoms with Crippen molar-refractivity contribution in [2.45, 2.75) is 52.1 Å². The minimum absolute atomic E-state index is 0.0214. The zero-order chi connectivity index (χ0) is 31.2. The molecule has 228 valence electrons. The molecule has 9 nitrogen and oxygen atoms in total. The third-order valence-electron chi connectivity index (χ3n) is 8.22. The zero-order valence-corrected chi connectivity index (χ0v) is 25.4. The van der Waals surface area contributed by atoms with E-state index in [2.05, 4.69) is 20.5 Å². The lowest BCUT2D eigenvalue weighted by Crippen LogP contribution is -2.23. The van der Waals surface area contributed by atoms with E-state index >= 15 is 0 Å². The van der Waals surface area contributed by atoms with Gasteiger partial charge in [-0.05, 0) is 74.1 Å². The molecule has 4 aromatic heterocycles. The standard InChI is InChI=1S/C33H28F2N6O3S/c1-17-5-6-19(15-36-17)8-10-23-27(32-40-39-18(2)44-32)28(29-30(38-23)24-4-3-13-41(24)33(29)43)25-11-12-26(45-25)31(42)37-16-20-7-9-21(34)22(35)14-20/h5-7,9,11-12,14-15,24H,3-4,8,10,13,16H2,1-2H3,(H,37,42). The summed E-state index contributed by atoms with van der Waals surface area (Å²) in [6.45, 7) is 4.32. The van der Waals surface area contributed by atoms with Crippen LogP contribution in [0.15, 0.2) is 53.1 Å². The molecule has 0 saturated carbocycles. The molecule has 1 unspecified atom stereocenters. The first-order valence-corrected chi connectivity index (χ1v) is 15.5. The first-order valence-electron chi connectivity index (χ1n) is 14.7. The number of fused-ring (bicyclic) bond motifs is 3. The van der Waals surface area contributed by atoms with E-state index in [4.69, 9.17) is 9.40 Å². The van der Waals surface area contributed by atoms with Crippen molar-refractivity contribution in [3.05, 3.63) is 105 Å². The Morgan fingerprint density at radius 2 is 1.87 bits per heavy atom. The molecule has 0 radical (unpaired) electrons. The lowest BCUT2D eigenvalue weighted by atomic mass is 9.93. The van der Waals surface area contributed by atoms with Crippen LogP contribution in [0.5, 0.6) is 0 Å². The van der Waals surface area contributed by atoms with Gasteiger partial charge < -0.3 is 14.6 Å². The number of amides is 2. The molecule has 2 aliphatic rings. The first-order chi connectivity index (χ1) is 21.8. The van der Waals surface area contributed by atoms with E-state index in [1.54, 1.807) is 13.0 Å². The lowest BCUT2D eigenvalue weighted by molar-refractivity contribution is 0.0776. The van der Waals surface area contributed by atoms with Gasteiger partial charge in [0.15, 0.2) is 11.6 Å².